The van der Waals surface area contributed by atoms with Crippen molar-refractivity contribution in [2.45, 2.75) is 75.9 Å². The SMILES string of the molecule is Cc1ccc(S(=O)(=O)N(CC(=O)N(Cc2ccccc2Cl)[C@@H](Cc2ccccc2)C(=O)NC2CCCCC2)c2ccc(Cl)cc2C)cc1. The number of rotatable bonds is 12. The summed E-state index contributed by atoms with van der Waals surface area (Å²) < 4.78 is 29.8. The van der Waals surface area contributed by atoms with Gasteiger partial charge in [-0.25, -0.2) is 8.42 Å². The molecule has 0 bridgehead atoms. The van der Waals surface area contributed by atoms with E-state index >= 15 is 0 Å². The number of nitrogens with one attached hydrogen (secondary N) is 1. The molecule has 4 aromatic rings. The monoisotopic (exact) mass is 705 g/mol. The maximum Gasteiger partial charge on any atom is 0.264 e. The summed E-state index contributed by atoms with van der Waals surface area (Å²) >= 11 is 12.9. The number of amides is 2. The van der Waals surface area contributed by atoms with Gasteiger partial charge in [-0.05, 0) is 79.8 Å². The molecule has 7 nitrogen and oxygen atoms in total. The molecule has 0 saturated heterocycles. The highest BCUT2D eigenvalue weighted by Crippen LogP contribution is 2.30. The van der Waals surface area contributed by atoms with Gasteiger partial charge in [0, 0.05) is 29.1 Å². The van der Waals surface area contributed by atoms with Crippen LogP contribution in [0.15, 0.2) is 102 Å². The Balaban J connectivity index is 1.59. The lowest BCUT2D eigenvalue weighted by atomic mass is 9.94. The molecule has 0 unspecified atom stereocenters. The van der Waals surface area contributed by atoms with E-state index in [-0.39, 0.29) is 29.8 Å². The first-order valence-corrected chi connectivity index (χ1v) is 18.5. The Labute approximate surface area is 293 Å². The number of benzene rings is 4. The number of hydrogen-bond donors (Lipinski definition) is 1. The Hall–Kier alpha value is -3.85. The Morgan fingerprint density at radius 3 is 2.19 bits per heavy atom. The first-order chi connectivity index (χ1) is 23.0. The number of nitrogens with zero attached hydrogens (tertiary/aromatic N) is 2. The molecule has 10 heteroatoms. The van der Waals surface area contributed by atoms with Gasteiger partial charge < -0.3 is 10.2 Å². The van der Waals surface area contributed by atoms with E-state index in [2.05, 4.69) is 5.32 Å². The number of carbonyl (C=O) groups is 2. The van der Waals surface area contributed by atoms with Crippen molar-refractivity contribution in [1.29, 1.82) is 0 Å². The number of hydrogen-bond acceptors (Lipinski definition) is 4. The quantitative estimate of drug-likeness (QED) is 0.162. The zero-order valence-corrected chi connectivity index (χ0v) is 29.6. The summed E-state index contributed by atoms with van der Waals surface area (Å²) in [7, 11) is -4.23. The van der Waals surface area contributed by atoms with Gasteiger partial charge in [-0.1, -0.05) is 109 Å². The molecular formula is C38H41Cl2N3O4S. The molecule has 1 fully saturated rings. The topological polar surface area (TPSA) is 86.8 Å². The fourth-order valence-electron chi connectivity index (χ4n) is 6.16. The molecule has 5 rings (SSSR count). The first kappa shape index (κ1) is 35.5. The second-order valence-corrected chi connectivity index (χ2v) is 15.1. The molecule has 0 radical (unpaired) electrons. The van der Waals surface area contributed by atoms with Gasteiger partial charge in [-0.2, -0.15) is 0 Å². The maximum atomic E-state index is 14.8. The molecule has 48 heavy (non-hydrogen) atoms. The Bertz CT molecular complexity index is 1830. The van der Waals surface area contributed by atoms with Gasteiger partial charge in [-0.3, -0.25) is 13.9 Å². The van der Waals surface area contributed by atoms with Crippen LogP contribution in [-0.4, -0.2) is 43.8 Å². The minimum absolute atomic E-state index is 0.00606. The van der Waals surface area contributed by atoms with E-state index in [1.165, 1.54) is 17.0 Å². The third-order valence-electron chi connectivity index (χ3n) is 8.84. The summed E-state index contributed by atoms with van der Waals surface area (Å²) in [6.07, 6.45) is 5.18. The second-order valence-electron chi connectivity index (χ2n) is 12.4. The minimum Gasteiger partial charge on any atom is -0.352 e. The average molecular weight is 707 g/mol. The molecular weight excluding hydrogens is 665 g/mol. The summed E-state index contributed by atoms with van der Waals surface area (Å²) in [5, 5.41) is 4.11. The fourth-order valence-corrected chi connectivity index (χ4v) is 8.06. The van der Waals surface area contributed by atoms with Gasteiger partial charge in [0.2, 0.25) is 11.8 Å². The summed E-state index contributed by atoms with van der Waals surface area (Å²) in [5.41, 5.74) is 3.32. The highest BCUT2D eigenvalue weighted by molar-refractivity contribution is 7.92. The number of carbonyl (C=O) groups excluding carboxylic acids is 2. The maximum absolute atomic E-state index is 14.8. The summed E-state index contributed by atoms with van der Waals surface area (Å²) in [6, 6.07) is 27.1. The van der Waals surface area contributed by atoms with E-state index in [1.54, 1.807) is 49.4 Å². The molecule has 1 aliphatic carbocycles. The molecule has 1 atom stereocenters. The van der Waals surface area contributed by atoms with E-state index < -0.39 is 28.5 Å². The lowest BCUT2D eigenvalue weighted by molar-refractivity contribution is -0.140. The van der Waals surface area contributed by atoms with Crippen molar-refractivity contribution < 1.29 is 18.0 Å². The fraction of sp³-hybridized carbons (Fsp3) is 0.316. The van der Waals surface area contributed by atoms with Crippen LogP contribution in [0.1, 0.15) is 54.4 Å². The minimum atomic E-state index is -4.23. The number of anilines is 1. The van der Waals surface area contributed by atoms with E-state index in [4.69, 9.17) is 23.2 Å². The molecule has 1 N–H and O–H groups in total. The number of sulfonamides is 1. The van der Waals surface area contributed by atoms with Gasteiger partial charge >= 0.3 is 0 Å². The van der Waals surface area contributed by atoms with Crippen LogP contribution in [0.3, 0.4) is 0 Å². The molecule has 0 spiro atoms. The van der Waals surface area contributed by atoms with Crippen molar-refractivity contribution in [1.82, 2.24) is 10.2 Å². The predicted molar refractivity (Wildman–Crippen MR) is 193 cm³/mol. The Morgan fingerprint density at radius 2 is 1.52 bits per heavy atom. The van der Waals surface area contributed by atoms with Crippen molar-refractivity contribution in [3.63, 3.8) is 0 Å². The van der Waals surface area contributed by atoms with Crippen LogP contribution in [0, 0.1) is 13.8 Å². The largest absolute Gasteiger partial charge is 0.352 e. The highest BCUT2D eigenvalue weighted by atomic mass is 35.5. The second kappa shape index (κ2) is 16.0. The molecule has 252 valence electrons. The van der Waals surface area contributed by atoms with Crippen LogP contribution in [0.5, 0.6) is 0 Å². The smallest absolute Gasteiger partial charge is 0.264 e. The third-order valence-corrected chi connectivity index (χ3v) is 11.2. The van der Waals surface area contributed by atoms with Gasteiger partial charge in [0.05, 0.1) is 10.6 Å². The van der Waals surface area contributed by atoms with Crippen LogP contribution in [-0.2, 0) is 32.6 Å². The molecule has 1 saturated carbocycles. The van der Waals surface area contributed by atoms with Crippen molar-refractivity contribution in [2.75, 3.05) is 10.8 Å². The Kier molecular flexibility index (Phi) is 11.8. The summed E-state index contributed by atoms with van der Waals surface area (Å²) in [6.45, 7) is 3.08. The van der Waals surface area contributed by atoms with Crippen molar-refractivity contribution in [3.8, 4) is 0 Å². The van der Waals surface area contributed by atoms with Gasteiger partial charge in [0.1, 0.15) is 12.6 Å². The van der Waals surface area contributed by atoms with Crippen molar-refractivity contribution >= 4 is 50.7 Å². The van der Waals surface area contributed by atoms with Gasteiger partial charge in [-0.15, -0.1) is 0 Å². The summed E-state index contributed by atoms with van der Waals surface area (Å²) in [4.78, 5) is 30.5. The molecule has 0 aliphatic heterocycles. The normalized spacial score (nSPS) is 14.2. The van der Waals surface area contributed by atoms with Gasteiger partial charge in [0.15, 0.2) is 0 Å². The number of halogens is 2. The molecule has 1 aliphatic rings. The molecule has 0 aromatic heterocycles. The standard InChI is InChI=1S/C38H41Cl2N3O4S/c1-27-17-20-33(21-18-27)48(46,47)43(35-22-19-31(39)23-28(35)2)26-37(44)42(25-30-13-9-10-16-34(30)40)36(24-29-11-5-3-6-12-29)38(45)41-32-14-7-4-8-15-32/h3,5-6,9-13,16-23,32,36H,4,7-8,14-15,24-26H2,1-2H3,(H,41,45)/t36-/m0/s1. The summed E-state index contributed by atoms with van der Waals surface area (Å²) in [5.74, 6) is -0.818. The zero-order chi connectivity index (χ0) is 34.3. The van der Waals surface area contributed by atoms with Crippen molar-refractivity contribution in [2.24, 2.45) is 0 Å². The highest BCUT2D eigenvalue weighted by Gasteiger charge is 2.36. The van der Waals surface area contributed by atoms with E-state index in [9.17, 15) is 18.0 Å². The van der Waals surface area contributed by atoms with Crippen LogP contribution >= 0.6 is 23.2 Å². The Morgan fingerprint density at radius 1 is 0.854 bits per heavy atom. The van der Waals surface area contributed by atoms with E-state index in [0.29, 0.717) is 26.9 Å². The lowest BCUT2D eigenvalue weighted by Gasteiger charge is -2.35. The lowest BCUT2D eigenvalue weighted by Crippen LogP contribution is -2.55. The molecule has 0 heterocycles. The molecule has 2 amide bonds. The van der Waals surface area contributed by atoms with Crippen molar-refractivity contribution in [3.05, 3.63) is 129 Å². The number of aryl methyl sites for hydroxylation is 2. The third kappa shape index (κ3) is 8.78. The van der Waals surface area contributed by atoms with Crippen LogP contribution < -0.4 is 9.62 Å². The van der Waals surface area contributed by atoms with E-state index in [1.807, 2.05) is 49.4 Å². The average Bonchev–Trinajstić information content (AvgIpc) is 3.07. The zero-order valence-electron chi connectivity index (χ0n) is 27.2. The van der Waals surface area contributed by atoms with E-state index in [0.717, 1.165) is 47.5 Å². The van der Waals surface area contributed by atoms with Crippen LogP contribution in [0.2, 0.25) is 10.0 Å². The van der Waals surface area contributed by atoms with Crippen LogP contribution in [0.4, 0.5) is 5.69 Å². The predicted octanol–water partition coefficient (Wildman–Crippen LogP) is 7.89. The molecule has 4 aromatic carbocycles. The van der Waals surface area contributed by atoms with Crippen LogP contribution in [0.25, 0.3) is 0 Å². The van der Waals surface area contributed by atoms with Gasteiger partial charge in [0.25, 0.3) is 10.0 Å². The first-order valence-electron chi connectivity index (χ1n) is 16.3.